The van der Waals surface area contributed by atoms with Crippen LogP contribution in [0.3, 0.4) is 0 Å². The predicted molar refractivity (Wildman–Crippen MR) is 138 cm³/mol. The molecule has 0 heterocycles. The third kappa shape index (κ3) is 8.26. The van der Waals surface area contributed by atoms with Crippen LogP contribution in [-0.4, -0.2) is 79.5 Å². The molecule has 188 valence electrons. The van der Waals surface area contributed by atoms with E-state index in [2.05, 4.69) is 5.32 Å². The summed E-state index contributed by atoms with van der Waals surface area (Å²) >= 11 is 0. The number of hydrogen-bond acceptors (Lipinski definition) is 6. The van der Waals surface area contributed by atoms with Crippen molar-refractivity contribution in [3.05, 3.63) is 47.5 Å². The highest BCUT2D eigenvalue weighted by atomic mass is 16.1. The fourth-order valence-electron chi connectivity index (χ4n) is 5.08. The van der Waals surface area contributed by atoms with Crippen LogP contribution in [0.4, 0.5) is 0 Å². The first-order valence-electron chi connectivity index (χ1n) is 12.5. The van der Waals surface area contributed by atoms with Crippen molar-refractivity contribution < 1.29 is 14.4 Å². The number of hydrogen-bond donors (Lipinski definition) is 1. The molecular weight excluding hydrogens is 426 g/mol. The Morgan fingerprint density at radius 1 is 0.971 bits per heavy atom. The Hall–Kier alpha value is -2.15. The predicted octanol–water partition coefficient (Wildman–Crippen LogP) is 3.30. The lowest BCUT2D eigenvalue weighted by Crippen LogP contribution is -2.51. The Morgan fingerprint density at radius 3 is 2.09 bits per heavy atom. The Bertz CT molecular complexity index is 842. The number of nitrogens with zero attached hydrogens (tertiary/aromatic N) is 2. The molecule has 6 heteroatoms. The standard InChI is InChI=1S/C28H43N3O3/c1-20(2)16-24(21(3)32)30(5)18-26(33)25(17-22-12-8-7-9-13-22)31(6)19-27(34)28(29-4)23-14-10-11-15-23/h7-9,12-13,16,23-25,28-29H,10-11,14-15,17-19H2,1-6H3/t24-,25-,28-/m0/s1. The van der Waals surface area contributed by atoms with E-state index in [9.17, 15) is 14.4 Å². The van der Waals surface area contributed by atoms with Crippen molar-refractivity contribution in [2.75, 3.05) is 34.2 Å². The molecular formula is C28H43N3O3. The van der Waals surface area contributed by atoms with E-state index in [0.717, 1.165) is 24.0 Å². The maximum absolute atomic E-state index is 13.5. The van der Waals surface area contributed by atoms with Crippen molar-refractivity contribution >= 4 is 17.3 Å². The van der Waals surface area contributed by atoms with Crippen LogP contribution in [0.1, 0.15) is 52.0 Å². The monoisotopic (exact) mass is 469 g/mol. The average Bonchev–Trinajstić information content (AvgIpc) is 3.30. The zero-order valence-corrected chi connectivity index (χ0v) is 21.8. The van der Waals surface area contributed by atoms with Crippen molar-refractivity contribution in [3.63, 3.8) is 0 Å². The van der Waals surface area contributed by atoms with Crippen LogP contribution in [0.25, 0.3) is 0 Å². The Morgan fingerprint density at radius 2 is 1.56 bits per heavy atom. The van der Waals surface area contributed by atoms with Gasteiger partial charge < -0.3 is 5.32 Å². The molecule has 0 spiro atoms. The van der Waals surface area contributed by atoms with Crippen molar-refractivity contribution in [2.45, 2.75) is 71.0 Å². The average molecular weight is 470 g/mol. The third-order valence-electron chi connectivity index (χ3n) is 6.90. The minimum atomic E-state index is -0.450. The lowest BCUT2D eigenvalue weighted by Gasteiger charge is -2.31. The molecule has 3 atom stereocenters. The summed E-state index contributed by atoms with van der Waals surface area (Å²) in [5.41, 5.74) is 2.09. The van der Waals surface area contributed by atoms with Gasteiger partial charge in [-0.05, 0) is 72.7 Å². The summed E-state index contributed by atoms with van der Waals surface area (Å²) in [5.74, 6) is 0.535. The van der Waals surface area contributed by atoms with E-state index in [0.29, 0.717) is 12.3 Å². The fourth-order valence-corrected chi connectivity index (χ4v) is 5.08. The molecule has 6 nitrogen and oxygen atoms in total. The molecule has 1 saturated carbocycles. The zero-order valence-electron chi connectivity index (χ0n) is 21.8. The van der Waals surface area contributed by atoms with Gasteiger partial charge >= 0.3 is 0 Å². The summed E-state index contributed by atoms with van der Waals surface area (Å²) in [6.07, 6.45) is 6.93. The van der Waals surface area contributed by atoms with Crippen molar-refractivity contribution in [3.8, 4) is 0 Å². The molecule has 1 fully saturated rings. The second-order valence-electron chi connectivity index (χ2n) is 10.1. The molecule has 0 radical (unpaired) electrons. The van der Waals surface area contributed by atoms with Gasteiger partial charge in [-0.3, -0.25) is 24.2 Å². The van der Waals surface area contributed by atoms with E-state index in [-0.39, 0.29) is 36.5 Å². The maximum atomic E-state index is 13.5. The van der Waals surface area contributed by atoms with E-state index in [1.54, 1.807) is 11.8 Å². The van der Waals surface area contributed by atoms with Crippen LogP contribution in [0.15, 0.2) is 42.0 Å². The van der Waals surface area contributed by atoms with Crippen LogP contribution in [0.2, 0.25) is 0 Å². The summed E-state index contributed by atoms with van der Waals surface area (Å²) in [4.78, 5) is 42.7. The number of Topliss-reactive ketones (excluding diaryl/α,β-unsaturated/α-hetero) is 3. The molecule has 0 unspecified atom stereocenters. The van der Waals surface area contributed by atoms with Gasteiger partial charge in [0.2, 0.25) is 0 Å². The highest BCUT2D eigenvalue weighted by molar-refractivity contribution is 5.90. The van der Waals surface area contributed by atoms with Crippen LogP contribution in [0.5, 0.6) is 0 Å². The van der Waals surface area contributed by atoms with E-state index < -0.39 is 12.1 Å². The molecule has 1 aliphatic carbocycles. The van der Waals surface area contributed by atoms with Gasteiger partial charge in [-0.1, -0.05) is 54.8 Å². The number of allylic oxidation sites excluding steroid dienone is 1. The molecule has 1 aliphatic rings. The van der Waals surface area contributed by atoms with Gasteiger partial charge in [-0.2, -0.15) is 0 Å². The number of ketones is 3. The molecule has 0 amide bonds. The van der Waals surface area contributed by atoms with Crippen molar-refractivity contribution in [1.29, 1.82) is 0 Å². The highest BCUT2D eigenvalue weighted by Gasteiger charge is 2.33. The summed E-state index contributed by atoms with van der Waals surface area (Å²) < 4.78 is 0. The number of rotatable bonds is 14. The molecule has 1 aromatic rings. The molecule has 0 saturated heterocycles. The lowest BCUT2D eigenvalue weighted by molar-refractivity contribution is -0.128. The summed E-state index contributed by atoms with van der Waals surface area (Å²) in [7, 11) is 5.53. The van der Waals surface area contributed by atoms with E-state index in [1.807, 2.05) is 76.3 Å². The number of likely N-dealkylation sites (N-methyl/N-ethyl adjacent to an activating group) is 3. The van der Waals surface area contributed by atoms with Gasteiger partial charge in [0.1, 0.15) is 0 Å². The van der Waals surface area contributed by atoms with Gasteiger partial charge in [0, 0.05) is 0 Å². The molecule has 0 bridgehead atoms. The van der Waals surface area contributed by atoms with Gasteiger partial charge in [-0.15, -0.1) is 0 Å². The number of carbonyl (C=O) groups excluding carboxylic acids is 3. The van der Waals surface area contributed by atoms with E-state index >= 15 is 0 Å². The first-order valence-corrected chi connectivity index (χ1v) is 12.5. The summed E-state index contributed by atoms with van der Waals surface area (Å²) in [6.45, 7) is 5.82. The van der Waals surface area contributed by atoms with Gasteiger partial charge in [0.15, 0.2) is 17.3 Å². The van der Waals surface area contributed by atoms with Gasteiger partial charge in [-0.25, -0.2) is 0 Å². The molecule has 1 aromatic carbocycles. The molecule has 2 rings (SSSR count). The third-order valence-corrected chi connectivity index (χ3v) is 6.90. The normalized spacial score (nSPS) is 16.9. The Balaban J connectivity index is 2.19. The SMILES string of the molecule is CN[C@H](C(=O)CN(C)[C@@H](Cc1ccccc1)C(=O)CN(C)[C@@H](C=C(C)C)C(C)=O)C1CCCC1. The topological polar surface area (TPSA) is 69.7 Å². The second kappa shape index (κ2) is 13.7. The van der Waals surface area contributed by atoms with Gasteiger partial charge in [0.25, 0.3) is 0 Å². The minimum Gasteiger partial charge on any atom is -0.310 e. The number of carbonyl (C=O) groups is 3. The lowest BCUT2D eigenvalue weighted by atomic mass is 9.93. The quantitative estimate of drug-likeness (QED) is 0.422. The number of nitrogens with one attached hydrogen (secondary N) is 1. The molecule has 34 heavy (non-hydrogen) atoms. The second-order valence-corrected chi connectivity index (χ2v) is 10.1. The minimum absolute atomic E-state index is 0.00747. The van der Waals surface area contributed by atoms with Crippen LogP contribution in [0, 0.1) is 5.92 Å². The smallest absolute Gasteiger partial charge is 0.164 e. The van der Waals surface area contributed by atoms with Crippen LogP contribution >= 0.6 is 0 Å². The number of benzene rings is 1. The van der Waals surface area contributed by atoms with Crippen LogP contribution in [-0.2, 0) is 20.8 Å². The summed E-state index contributed by atoms with van der Waals surface area (Å²) in [5, 5.41) is 3.23. The van der Waals surface area contributed by atoms with Crippen molar-refractivity contribution in [2.24, 2.45) is 5.92 Å². The fraction of sp³-hybridized carbons (Fsp3) is 0.607. The van der Waals surface area contributed by atoms with Gasteiger partial charge in [0.05, 0.1) is 31.2 Å². The first-order chi connectivity index (χ1) is 16.1. The highest BCUT2D eigenvalue weighted by Crippen LogP contribution is 2.28. The zero-order chi connectivity index (χ0) is 25.3. The Kier molecular flexibility index (Phi) is 11.3. The van der Waals surface area contributed by atoms with E-state index in [1.165, 1.54) is 12.8 Å². The molecule has 1 N–H and O–H groups in total. The molecule has 0 aliphatic heterocycles. The van der Waals surface area contributed by atoms with Crippen LogP contribution < -0.4 is 5.32 Å². The first kappa shape index (κ1) is 28.1. The largest absolute Gasteiger partial charge is 0.310 e. The Labute approximate surface area is 205 Å². The van der Waals surface area contributed by atoms with E-state index in [4.69, 9.17) is 0 Å². The molecule has 0 aromatic heterocycles. The van der Waals surface area contributed by atoms with Crippen molar-refractivity contribution in [1.82, 2.24) is 15.1 Å². The maximum Gasteiger partial charge on any atom is 0.164 e. The summed E-state index contributed by atoms with van der Waals surface area (Å²) in [6, 6.07) is 8.85.